The minimum absolute atomic E-state index is 0.0703. The van der Waals surface area contributed by atoms with E-state index < -0.39 is 0 Å². The minimum atomic E-state index is 0.0703. The number of carbonyl (C=O) groups is 1. The van der Waals surface area contributed by atoms with Crippen LogP contribution in [0.1, 0.15) is 96.8 Å². The van der Waals surface area contributed by atoms with Gasteiger partial charge in [0.2, 0.25) is 5.91 Å². The molecule has 0 heterocycles. The Morgan fingerprint density at radius 3 is 1.80 bits per heavy atom. The van der Waals surface area contributed by atoms with Gasteiger partial charge in [0.05, 0.1) is 11.4 Å². The summed E-state index contributed by atoms with van der Waals surface area (Å²) < 4.78 is 0. The summed E-state index contributed by atoms with van der Waals surface area (Å²) in [4.78, 5) is 11.9. The second-order valence-corrected chi connectivity index (χ2v) is 7.13. The van der Waals surface area contributed by atoms with Crippen LogP contribution in [0.3, 0.4) is 0 Å². The molecule has 0 fully saturated rings. The lowest BCUT2D eigenvalue weighted by Crippen LogP contribution is -2.12. The van der Waals surface area contributed by atoms with Crippen molar-refractivity contribution in [2.75, 3.05) is 11.1 Å². The Morgan fingerprint density at radius 2 is 1.28 bits per heavy atom. The van der Waals surface area contributed by atoms with Crippen molar-refractivity contribution in [3.63, 3.8) is 0 Å². The summed E-state index contributed by atoms with van der Waals surface area (Å²) >= 11 is 0. The Morgan fingerprint density at radius 1 is 0.800 bits per heavy atom. The SMILES string of the molecule is CCCCCCCCCCCCCCCC(=O)Nc1ccccc1N. The molecule has 0 aliphatic carbocycles. The van der Waals surface area contributed by atoms with E-state index in [0.717, 1.165) is 18.5 Å². The Balaban J connectivity index is 1.87. The zero-order chi connectivity index (χ0) is 18.2. The maximum atomic E-state index is 11.9. The highest BCUT2D eigenvalue weighted by atomic mass is 16.1. The fourth-order valence-corrected chi connectivity index (χ4v) is 3.13. The van der Waals surface area contributed by atoms with Crippen LogP contribution in [-0.2, 0) is 4.79 Å². The van der Waals surface area contributed by atoms with E-state index in [0.29, 0.717) is 12.1 Å². The molecule has 0 spiro atoms. The van der Waals surface area contributed by atoms with Crippen LogP contribution in [0.2, 0.25) is 0 Å². The predicted molar refractivity (Wildman–Crippen MR) is 110 cm³/mol. The third-order valence-electron chi connectivity index (χ3n) is 4.74. The van der Waals surface area contributed by atoms with Crippen molar-refractivity contribution in [2.45, 2.75) is 96.8 Å². The second kappa shape index (κ2) is 14.8. The molecule has 0 aliphatic rings. The number of para-hydroxylation sites is 2. The van der Waals surface area contributed by atoms with E-state index in [1.54, 1.807) is 6.07 Å². The topological polar surface area (TPSA) is 55.1 Å². The number of nitrogens with one attached hydrogen (secondary N) is 1. The number of carbonyl (C=O) groups excluding carboxylic acids is 1. The molecular formula is C22H38N2O. The first-order valence-electron chi connectivity index (χ1n) is 10.4. The van der Waals surface area contributed by atoms with Crippen LogP contribution in [0.4, 0.5) is 11.4 Å². The van der Waals surface area contributed by atoms with Crippen molar-refractivity contribution in [2.24, 2.45) is 0 Å². The number of anilines is 2. The first-order valence-corrected chi connectivity index (χ1v) is 10.4. The van der Waals surface area contributed by atoms with Gasteiger partial charge in [-0.2, -0.15) is 0 Å². The van der Waals surface area contributed by atoms with Gasteiger partial charge in [-0.3, -0.25) is 4.79 Å². The van der Waals surface area contributed by atoms with Gasteiger partial charge in [0.25, 0.3) is 0 Å². The molecule has 0 saturated heterocycles. The highest BCUT2D eigenvalue weighted by Crippen LogP contribution is 2.17. The number of hydrogen-bond acceptors (Lipinski definition) is 2. The molecule has 3 heteroatoms. The first-order chi connectivity index (χ1) is 12.2. The molecule has 0 aromatic heterocycles. The van der Waals surface area contributed by atoms with E-state index in [1.165, 1.54) is 70.6 Å². The molecule has 1 rings (SSSR count). The summed E-state index contributed by atoms with van der Waals surface area (Å²) in [6.07, 6.45) is 17.8. The number of nitrogens with two attached hydrogens (primary N) is 1. The van der Waals surface area contributed by atoms with Gasteiger partial charge >= 0.3 is 0 Å². The van der Waals surface area contributed by atoms with Gasteiger partial charge in [0.15, 0.2) is 0 Å². The first kappa shape index (κ1) is 21.5. The van der Waals surface area contributed by atoms with E-state index in [-0.39, 0.29) is 5.91 Å². The third kappa shape index (κ3) is 11.6. The Labute approximate surface area is 154 Å². The molecule has 1 aromatic carbocycles. The molecule has 1 aromatic rings. The van der Waals surface area contributed by atoms with Gasteiger partial charge in [-0.15, -0.1) is 0 Å². The van der Waals surface area contributed by atoms with Crippen LogP contribution < -0.4 is 11.1 Å². The molecule has 1 amide bonds. The number of unbranched alkanes of at least 4 members (excludes halogenated alkanes) is 12. The lowest BCUT2D eigenvalue weighted by molar-refractivity contribution is -0.116. The van der Waals surface area contributed by atoms with Crippen LogP contribution >= 0.6 is 0 Å². The fraction of sp³-hybridized carbons (Fsp3) is 0.682. The molecule has 3 nitrogen and oxygen atoms in total. The van der Waals surface area contributed by atoms with Crippen molar-refractivity contribution in [3.05, 3.63) is 24.3 Å². The normalized spacial score (nSPS) is 10.8. The van der Waals surface area contributed by atoms with E-state index in [2.05, 4.69) is 12.2 Å². The highest BCUT2D eigenvalue weighted by molar-refractivity contribution is 5.93. The zero-order valence-electron chi connectivity index (χ0n) is 16.2. The molecule has 0 saturated carbocycles. The van der Waals surface area contributed by atoms with Crippen molar-refractivity contribution in [1.29, 1.82) is 0 Å². The van der Waals surface area contributed by atoms with Gasteiger partial charge in [-0.1, -0.05) is 96.1 Å². The molecule has 3 N–H and O–H groups in total. The highest BCUT2D eigenvalue weighted by Gasteiger charge is 2.04. The summed E-state index contributed by atoms with van der Waals surface area (Å²) in [5.41, 5.74) is 7.18. The lowest BCUT2D eigenvalue weighted by Gasteiger charge is -2.07. The average Bonchev–Trinajstić information content (AvgIpc) is 2.61. The van der Waals surface area contributed by atoms with Gasteiger partial charge in [0.1, 0.15) is 0 Å². The Hall–Kier alpha value is -1.51. The standard InChI is InChI=1S/C22H38N2O/c1-2-3-4-5-6-7-8-9-10-11-12-13-14-19-22(25)24-21-18-16-15-17-20(21)23/h15-18H,2-14,19,23H2,1H3,(H,24,25). The molecule has 142 valence electrons. The molecule has 0 bridgehead atoms. The Kier molecular flexibility index (Phi) is 12.7. The quantitative estimate of drug-likeness (QED) is 0.274. The van der Waals surface area contributed by atoms with Crippen LogP contribution in [0.25, 0.3) is 0 Å². The summed E-state index contributed by atoms with van der Waals surface area (Å²) in [5, 5.41) is 2.89. The van der Waals surface area contributed by atoms with Crippen molar-refractivity contribution in [3.8, 4) is 0 Å². The fourth-order valence-electron chi connectivity index (χ4n) is 3.13. The van der Waals surface area contributed by atoms with Crippen molar-refractivity contribution in [1.82, 2.24) is 0 Å². The number of rotatable bonds is 15. The van der Waals surface area contributed by atoms with E-state index in [1.807, 2.05) is 18.2 Å². The predicted octanol–water partition coefficient (Wildman–Crippen LogP) is 6.69. The molecule has 0 atom stereocenters. The largest absolute Gasteiger partial charge is 0.397 e. The second-order valence-electron chi connectivity index (χ2n) is 7.13. The van der Waals surface area contributed by atoms with Crippen LogP contribution in [-0.4, -0.2) is 5.91 Å². The average molecular weight is 347 g/mol. The monoisotopic (exact) mass is 346 g/mol. The van der Waals surface area contributed by atoms with Gasteiger partial charge in [-0.05, 0) is 18.6 Å². The summed E-state index contributed by atoms with van der Waals surface area (Å²) in [7, 11) is 0. The summed E-state index contributed by atoms with van der Waals surface area (Å²) in [5.74, 6) is 0.0703. The molecular weight excluding hydrogens is 308 g/mol. The summed E-state index contributed by atoms with van der Waals surface area (Å²) in [6, 6.07) is 7.41. The molecule has 0 aliphatic heterocycles. The Bertz CT molecular complexity index is 459. The van der Waals surface area contributed by atoms with Crippen molar-refractivity contribution >= 4 is 17.3 Å². The zero-order valence-corrected chi connectivity index (χ0v) is 16.2. The maximum absolute atomic E-state index is 11.9. The van der Waals surface area contributed by atoms with Gasteiger partial charge < -0.3 is 11.1 Å². The van der Waals surface area contributed by atoms with Crippen molar-refractivity contribution < 1.29 is 4.79 Å². The van der Waals surface area contributed by atoms with E-state index in [4.69, 9.17) is 5.73 Å². The number of benzene rings is 1. The number of nitrogen functional groups attached to an aromatic ring is 1. The van der Waals surface area contributed by atoms with Gasteiger partial charge in [0, 0.05) is 6.42 Å². The number of hydrogen-bond donors (Lipinski definition) is 2. The van der Waals surface area contributed by atoms with E-state index in [9.17, 15) is 4.79 Å². The smallest absolute Gasteiger partial charge is 0.224 e. The van der Waals surface area contributed by atoms with Gasteiger partial charge in [-0.25, -0.2) is 0 Å². The van der Waals surface area contributed by atoms with E-state index >= 15 is 0 Å². The summed E-state index contributed by atoms with van der Waals surface area (Å²) in [6.45, 7) is 2.27. The third-order valence-corrected chi connectivity index (χ3v) is 4.74. The number of amides is 1. The van der Waals surface area contributed by atoms with Crippen LogP contribution in [0, 0.1) is 0 Å². The molecule has 0 unspecified atom stereocenters. The maximum Gasteiger partial charge on any atom is 0.224 e. The molecule has 0 radical (unpaired) electrons. The lowest BCUT2D eigenvalue weighted by atomic mass is 10.0. The minimum Gasteiger partial charge on any atom is -0.397 e. The van der Waals surface area contributed by atoms with Crippen LogP contribution in [0.5, 0.6) is 0 Å². The van der Waals surface area contributed by atoms with Crippen LogP contribution in [0.15, 0.2) is 24.3 Å². The molecule has 25 heavy (non-hydrogen) atoms.